The molecular formula is C33H35ClF2N8O3. The summed E-state index contributed by atoms with van der Waals surface area (Å²) in [7, 11) is 0. The number of carbonyl (C=O) groups excluding carboxylic acids is 2. The van der Waals surface area contributed by atoms with Gasteiger partial charge in [0.1, 0.15) is 19.3 Å². The van der Waals surface area contributed by atoms with Crippen LogP contribution in [0.2, 0.25) is 5.02 Å². The van der Waals surface area contributed by atoms with E-state index in [4.69, 9.17) is 27.1 Å². The van der Waals surface area contributed by atoms with Crippen LogP contribution in [0.1, 0.15) is 70.2 Å². The van der Waals surface area contributed by atoms with Crippen molar-refractivity contribution >= 4 is 29.4 Å². The minimum atomic E-state index is -2.76. The summed E-state index contributed by atoms with van der Waals surface area (Å²) in [5.74, 6) is -0.440. The Morgan fingerprint density at radius 3 is 2.49 bits per heavy atom. The average molecular weight is 665 g/mol. The molecule has 0 radical (unpaired) electrons. The van der Waals surface area contributed by atoms with E-state index >= 15 is 0 Å². The van der Waals surface area contributed by atoms with Crippen LogP contribution in [0.15, 0.2) is 72.5 Å². The van der Waals surface area contributed by atoms with Gasteiger partial charge < -0.3 is 10.5 Å². The van der Waals surface area contributed by atoms with Gasteiger partial charge in [-0.25, -0.2) is 19.3 Å². The van der Waals surface area contributed by atoms with E-state index < -0.39 is 18.1 Å². The summed E-state index contributed by atoms with van der Waals surface area (Å²) in [6, 6.07) is 11.4. The van der Waals surface area contributed by atoms with Crippen molar-refractivity contribution in [1.82, 2.24) is 29.4 Å². The molecule has 4 aromatic rings. The van der Waals surface area contributed by atoms with Crippen molar-refractivity contribution in [3.05, 3.63) is 83.7 Å². The summed E-state index contributed by atoms with van der Waals surface area (Å²) in [6.45, 7) is 3.09. The molecule has 1 fully saturated rings. The van der Waals surface area contributed by atoms with E-state index in [1.54, 1.807) is 42.5 Å². The number of halogens is 3. The zero-order chi connectivity index (χ0) is 33.5. The van der Waals surface area contributed by atoms with E-state index in [9.17, 15) is 18.4 Å². The zero-order valence-electron chi connectivity index (χ0n) is 26.2. The van der Waals surface area contributed by atoms with Crippen LogP contribution in [0.25, 0.3) is 16.8 Å². The normalized spacial score (nSPS) is 18.9. The molecule has 2 aliphatic rings. The molecule has 246 valence electrons. The molecule has 2 atom stereocenters. The molecule has 2 N–H and O–H groups in total. The van der Waals surface area contributed by atoms with Crippen molar-refractivity contribution in [3.63, 3.8) is 0 Å². The lowest BCUT2D eigenvalue weighted by molar-refractivity contribution is -0.148. The standard InChI is InChI=1S/C33H35ClF2N8O3/c1-32(2,3)17-33(24-9-6-21(7-10-24)23-14-39-42(15-23)30(35)36)29(46)44(31(37)41-33)27(16-47-28(45)12-20-4-5-20)22-8-11-25(34)26(13-22)43-19-38-18-40-43/h6-11,13-15,18-20,27,30H,4-5,12,16-17H2,1-3H3,(H2,37,41)/t27-,33-/m1/s1. The van der Waals surface area contributed by atoms with Gasteiger partial charge in [0.05, 0.1) is 22.9 Å². The second-order valence-corrected chi connectivity index (χ2v) is 13.6. The number of benzene rings is 2. The minimum Gasteiger partial charge on any atom is -0.463 e. The Bertz CT molecular complexity index is 1800. The Kier molecular flexibility index (Phi) is 8.60. The van der Waals surface area contributed by atoms with Gasteiger partial charge in [0.2, 0.25) is 0 Å². The van der Waals surface area contributed by atoms with Gasteiger partial charge in [0.15, 0.2) is 11.5 Å². The van der Waals surface area contributed by atoms with Crippen LogP contribution in [-0.4, -0.2) is 53.9 Å². The van der Waals surface area contributed by atoms with Crippen LogP contribution in [0.5, 0.6) is 0 Å². The highest BCUT2D eigenvalue weighted by Gasteiger charge is 2.53. The molecule has 2 aromatic carbocycles. The number of guanidine groups is 1. The number of hydrogen-bond acceptors (Lipinski definition) is 8. The largest absolute Gasteiger partial charge is 0.463 e. The van der Waals surface area contributed by atoms with Crippen LogP contribution in [0.4, 0.5) is 8.78 Å². The number of amides is 1. The molecule has 2 aromatic heterocycles. The molecule has 1 aliphatic heterocycles. The van der Waals surface area contributed by atoms with Crippen molar-refractivity contribution < 1.29 is 23.1 Å². The Morgan fingerprint density at radius 1 is 1.13 bits per heavy atom. The van der Waals surface area contributed by atoms with E-state index in [1.165, 1.54) is 34.6 Å². The van der Waals surface area contributed by atoms with Crippen molar-refractivity contribution in [1.29, 1.82) is 0 Å². The summed E-state index contributed by atoms with van der Waals surface area (Å²) in [4.78, 5) is 37.8. The van der Waals surface area contributed by atoms with E-state index in [0.717, 1.165) is 12.8 Å². The van der Waals surface area contributed by atoms with Crippen molar-refractivity contribution in [3.8, 4) is 16.8 Å². The topological polar surface area (TPSA) is 134 Å². The first kappa shape index (κ1) is 32.3. The Balaban J connectivity index is 1.38. The average Bonchev–Trinajstić information content (AvgIpc) is 3.38. The fourth-order valence-electron chi connectivity index (χ4n) is 5.96. The number of rotatable bonds is 11. The lowest BCUT2D eigenvalue weighted by Gasteiger charge is -2.35. The van der Waals surface area contributed by atoms with Gasteiger partial charge in [0, 0.05) is 18.2 Å². The van der Waals surface area contributed by atoms with Crippen LogP contribution in [-0.2, 0) is 19.9 Å². The van der Waals surface area contributed by atoms with Gasteiger partial charge in [-0.2, -0.15) is 19.0 Å². The van der Waals surface area contributed by atoms with Gasteiger partial charge in [-0.05, 0) is 59.4 Å². The van der Waals surface area contributed by atoms with Crippen LogP contribution in [0.3, 0.4) is 0 Å². The number of aliphatic imine (C=N–C) groups is 1. The molecule has 0 bridgehead atoms. The highest BCUT2D eigenvalue weighted by Crippen LogP contribution is 2.45. The number of nitrogens with two attached hydrogens (primary N) is 1. The molecule has 0 spiro atoms. The van der Waals surface area contributed by atoms with Gasteiger partial charge >= 0.3 is 12.5 Å². The summed E-state index contributed by atoms with van der Waals surface area (Å²) in [5, 5.41) is 8.32. The van der Waals surface area contributed by atoms with Crippen molar-refractivity contribution in [2.45, 2.75) is 64.6 Å². The second kappa shape index (κ2) is 12.5. The van der Waals surface area contributed by atoms with Crippen molar-refractivity contribution in [2.24, 2.45) is 22.1 Å². The second-order valence-electron chi connectivity index (χ2n) is 13.2. The molecule has 0 saturated heterocycles. The summed E-state index contributed by atoms with van der Waals surface area (Å²) >= 11 is 6.53. The van der Waals surface area contributed by atoms with Gasteiger partial charge in [-0.3, -0.25) is 14.5 Å². The fraction of sp³-hybridized carbons (Fsp3) is 0.394. The van der Waals surface area contributed by atoms with Crippen LogP contribution >= 0.6 is 11.6 Å². The number of alkyl halides is 2. The number of aromatic nitrogens is 5. The van der Waals surface area contributed by atoms with Gasteiger partial charge in [0.25, 0.3) is 5.91 Å². The van der Waals surface area contributed by atoms with Crippen LogP contribution < -0.4 is 5.73 Å². The quantitative estimate of drug-likeness (QED) is 0.193. The molecule has 1 aliphatic carbocycles. The van der Waals surface area contributed by atoms with E-state index in [-0.39, 0.29) is 29.9 Å². The number of hydrogen-bond donors (Lipinski definition) is 1. The SMILES string of the molecule is CC(C)(C)C[C@]1(c2ccc(-c3cnn(C(F)F)c3)cc2)N=C(N)N([C@H](COC(=O)CC2CC2)c2ccc(Cl)c(-n3cncn3)c2)C1=O. The number of carbonyl (C=O) groups is 2. The first-order valence-electron chi connectivity index (χ1n) is 15.3. The summed E-state index contributed by atoms with van der Waals surface area (Å²) in [5.41, 5.74) is 7.69. The Labute approximate surface area is 275 Å². The first-order valence-corrected chi connectivity index (χ1v) is 15.6. The van der Waals surface area contributed by atoms with E-state index in [0.29, 0.717) is 56.4 Å². The minimum absolute atomic E-state index is 0.0259. The molecule has 1 amide bonds. The predicted molar refractivity (Wildman–Crippen MR) is 171 cm³/mol. The molecule has 0 unspecified atom stereocenters. The highest BCUT2D eigenvalue weighted by atomic mass is 35.5. The van der Waals surface area contributed by atoms with E-state index in [1.807, 2.05) is 20.8 Å². The molecule has 1 saturated carbocycles. The number of nitrogens with zero attached hydrogens (tertiary/aromatic N) is 7. The predicted octanol–water partition coefficient (Wildman–Crippen LogP) is 6.05. The lowest BCUT2D eigenvalue weighted by Crippen LogP contribution is -2.47. The molecule has 11 nitrogen and oxygen atoms in total. The smallest absolute Gasteiger partial charge is 0.333 e. The molecule has 14 heteroatoms. The van der Waals surface area contributed by atoms with Crippen molar-refractivity contribution in [2.75, 3.05) is 6.61 Å². The number of esters is 1. The third-order valence-electron chi connectivity index (χ3n) is 8.29. The maximum atomic E-state index is 14.8. The Hall–Kier alpha value is -4.65. The third-order valence-corrected chi connectivity index (χ3v) is 8.61. The monoisotopic (exact) mass is 664 g/mol. The summed E-state index contributed by atoms with van der Waals surface area (Å²) < 4.78 is 34.1. The van der Waals surface area contributed by atoms with Gasteiger partial charge in [-0.1, -0.05) is 62.7 Å². The first-order chi connectivity index (χ1) is 22.3. The third kappa shape index (κ3) is 6.76. The molecule has 6 rings (SSSR count). The van der Waals surface area contributed by atoms with E-state index in [2.05, 4.69) is 15.2 Å². The van der Waals surface area contributed by atoms with Crippen LogP contribution in [0, 0.1) is 11.3 Å². The maximum Gasteiger partial charge on any atom is 0.333 e. The molecule has 47 heavy (non-hydrogen) atoms. The lowest BCUT2D eigenvalue weighted by atomic mass is 9.75. The molecular weight excluding hydrogens is 630 g/mol. The molecule has 3 heterocycles. The maximum absolute atomic E-state index is 14.8. The van der Waals surface area contributed by atoms with Gasteiger partial charge in [-0.15, -0.1) is 0 Å². The number of ether oxygens (including phenoxy) is 1. The fourth-order valence-corrected chi connectivity index (χ4v) is 6.16. The Morgan fingerprint density at radius 2 is 1.87 bits per heavy atom. The summed E-state index contributed by atoms with van der Waals surface area (Å²) in [6.07, 6.45) is 8.10. The zero-order valence-corrected chi connectivity index (χ0v) is 26.9. The highest BCUT2D eigenvalue weighted by molar-refractivity contribution is 6.32.